The van der Waals surface area contributed by atoms with Gasteiger partial charge in [0.1, 0.15) is 28.2 Å². The van der Waals surface area contributed by atoms with Crippen molar-refractivity contribution in [2.24, 2.45) is 33.6 Å². The van der Waals surface area contributed by atoms with Gasteiger partial charge in [0.05, 0.1) is 0 Å². The van der Waals surface area contributed by atoms with Crippen LogP contribution in [0.5, 0.6) is 0 Å². The van der Waals surface area contributed by atoms with E-state index < -0.39 is 30.9 Å². The van der Waals surface area contributed by atoms with Gasteiger partial charge in [-0.15, -0.1) is 0 Å². The van der Waals surface area contributed by atoms with Gasteiger partial charge in [0, 0.05) is 79.7 Å². The first kappa shape index (κ1) is 55.3. The van der Waals surface area contributed by atoms with Crippen LogP contribution in [0, 0.1) is 53.7 Å². The lowest BCUT2D eigenvalue weighted by atomic mass is 9.63. The molecule has 13 rings (SSSR count). The van der Waals surface area contributed by atoms with Gasteiger partial charge in [0.15, 0.2) is 24.8 Å². The summed E-state index contributed by atoms with van der Waals surface area (Å²) in [6, 6.07) is 35.4. The van der Waals surface area contributed by atoms with Crippen molar-refractivity contribution in [3.63, 3.8) is 0 Å². The number of pyridine rings is 4. The fraction of sp³-hybridized carbons (Fsp3) is 0.482. The van der Waals surface area contributed by atoms with Crippen molar-refractivity contribution in [2.45, 2.75) is 234 Å². The molecule has 4 aromatic carbocycles. The summed E-state index contributed by atoms with van der Waals surface area (Å²) >= 11 is 0. The van der Waals surface area contributed by atoms with E-state index in [1.807, 2.05) is 63.7 Å². The highest BCUT2D eigenvalue weighted by atomic mass is 14.9. The van der Waals surface area contributed by atoms with Gasteiger partial charge in [-0.3, -0.25) is 0 Å². The van der Waals surface area contributed by atoms with Gasteiger partial charge in [0.25, 0.3) is 0 Å². The summed E-state index contributed by atoms with van der Waals surface area (Å²) in [7, 11) is 8.42. The number of aryl methyl sites for hydroxylation is 11. The SMILES string of the molecule is Cc1ccc(-c2cc3c(c[n+]2C)C(C)(C)CCC3C)c(C)c1.Cc1ccccc1-c1cc2c(c[n+]1C)C(C)(C)CCC2(C)C.[2H]C([2H])([2H])c1ccc(-c2c3c(cc[n+]2C)C2([2H])CCC3([2H])C2(C)C)c(C)c1.[2H]C([2H])([2H])c1ccc(-c2cc3c(c[n+]2C)C(C)(C)CCC3(C)C)c(C)c1. The minimum absolute atomic E-state index is 0.153. The molecular formula is C85H112N4+4. The summed E-state index contributed by atoms with van der Waals surface area (Å²) in [6.45, 7) is 36.4. The highest BCUT2D eigenvalue weighted by molar-refractivity contribution is 5.70. The Morgan fingerprint density at radius 1 is 0.393 bits per heavy atom. The molecular weight excluding hydrogens is 1080 g/mol. The Morgan fingerprint density at radius 2 is 0.809 bits per heavy atom. The summed E-state index contributed by atoms with van der Waals surface area (Å²) in [5.41, 5.74) is 27.7. The van der Waals surface area contributed by atoms with Crippen LogP contribution in [0.1, 0.15) is 253 Å². The third-order valence-corrected chi connectivity index (χ3v) is 22.1. The molecule has 2 bridgehead atoms. The molecule has 1 saturated carbocycles. The Balaban J connectivity index is 0.000000141. The third-order valence-electron chi connectivity index (χ3n) is 22.1. The first-order chi connectivity index (χ1) is 44.7. The average molecular weight is 1200 g/mol. The minimum atomic E-state index is -2.13. The Kier molecular flexibility index (Phi) is 14.9. The standard InChI is InChI=1S/C22H30N.C21H26N.2C21H28N/c1-15-8-9-17(16(2)12-15)20-13-18-19(14-23(20)7)22(5,6)11-10-21(18,3)4;1-13-6-7-15(14(2)12-13)20-19-16(10-11-22(20)5)17-8-9-18(19)21(17,3)4;1-14-7-8-17(16(3)11-14)20-12-18-15(2)9-10-21(4,5)19(18)13-22(20)6;1-15-9-7-8-10-16(15)19-13-17-18(14-22(19)6)21(4,5)12-11-20(17,2)3/h8-9,12-14H,10-11H2,1-7H3;6-7,10-12,17-18H,8-9H2,1-5H3;7-8,11-13,15H,9-10H2,1-6H3;7-10,13-14H,11-12H2,1-6H3/q4*+1/i1D3;1D3,17D,18D;;. The summed E-state index contributed by atoms with van der Waals surface area (Å²) < 4.78 is 73.3. The monoisotopic (exact) mass is 1200 g/mol. The van der Waals surface area contributed by atoms with Crippen LogP contribution in [0.3, 0.4) is 0 Å². The molecule has 0 aliphatic heterocycles. The Bertz CT molecular complexity index is 4390. The lowest BCUT2D eigenvalue weighted by Gasteiger charge is -2.40. The van der Waals surface area contributed by atoms with E-state index in [4.69, 9.17) is 8.22 Å². The van der Waals surface area contributed by atoms with Crippen molar-refractivity contribution in [1.29, 1.82) is 0 Å². The molecule has 3 unspecified atom stereocenters. The lowest BCUT2D eigenvalue weighted by molar-refractivity contribution is -0.661. The predicted molar refractivity (Wildman–Crippen MR) is 375 cm³/mol. The van der Waals surface area contributed by atoms with Crippen molar-refractivity contribution in [1.82, 2.24) is 0 Å². The second-order valence-electron chi connectivity index (χ2n) is 31.5. The largest absolute Gasteiger partial charge is 0.216 e. The third kappa shape index (κ3) is 12.4. The van der Waals surface area contributed by atoms with Gasteiger partial charge in [-0.2, -0.15) is 0 Å². The van der Waals surface area contributed by atoms with Gasteiger partial charge in [-0.1, -0.05) is 161 Å². The van der Waals surface area contributed by atoms with Crippen LogP contribution in [0.15, 0.2) is 128 Å². The maximum absolute atomic E-state index is 9.36. The van der Waals surface area contributed by atoms with E-state index in [1.54, 1.807) is 29.8 Å². The molecule has 4 aromatic heterocycles. The van der Waals surface area contributed by atoms with Crippen LogP contribution in [0.4, 0.5) is 0 Å². The van der Waals surface area contributed by atoms with Crippen molar-refractivity contribution >= 4 is 0 Å². The van der Waals surface area contributed by atoms with E-state index in [-0.39, 0.29) is 21.7 Å². The second kappa shape index (κ2) is 23.9. The normalized spacial score (nSPS) is 23.7. The summed E-state index contributed by atoms with van der Waals surface area (Å²) in [6.07, 6.45) is 17.9. The Morgan fingerprint density at radius 3 is 1.30 bits per heavy atom. The van der Waals surface area contributed by atoms with Gasteiger partial charge >= 0.3 is 0 Å². The van der Waals surface area contributed by atoms with Crippen LogP contribution < -0.4 is 18.3 Å². The van der Waals surface area contributed by atoms with Crippen LogP contribution in [-0.4, -0.2) is 0 Å². The highest BCUT2D eigenvalue weighted by Crippen LogP contribution is 2.65. The van der Waals surface area contributed by atoms with Crippen molar-refractivity contribution in [3.05, 3.63) is 211 Å². The molecule has 4 nitrogen and oxygen atoms in total. The number of hydrogen-bond acceptors (Lipinski definition) is 0. The molecule has 468 valence electrons. The predicted octanol–water partition coefficient (Wildman–Crippen LogP) is 19.7. The topological polar surface area (TPSA) is 15.5 Å². The van der Waals surface area contributed by atoms with Crippen LogP contribution in [0.25, 0.3) is 45.0 Å². The summed E-state index contributed by atoms with van der Waals surface area (Å²) in [5, 5.41) is 0. The van der Waals surface area contributed by atoms with Gasteiger partial charge in [0.2, 0.25) is 22.8 Å². The van der Waals surface area contributed by atoms with E-state index in [0.717, 1.165) is 44.8 Å². The zero-order valence-electron chi connectivity index (χ0n) is 66.6. The van der Waals surface area contributed by atoms with E-state index in [0.29, 0.717) is 35.3 Å². The minimum Gasteiger partial charge on any atom is -0.201 e. The summed E-state index contributed by atoms with van der Waals surface area (Å²) in [4.78, 5) is 0. The molecule has 4 heterocycles. The molecule has 3 atom stereocenters. The van der Waals surface area contributed by atoms with E-state index in [2.05, 4.69) is 211 Å². The number of hydrogen-bond donors (Lipinski definition) is 0. The molecule has 0 amide bonds. The maximum atomic E-state index is 9.36. The fourth-order valence-corrected chi connectivity index (χ4v) is 15.9. The first-order valence-electron chi connectivity index (χ1n) is 37.2. The average Bonchev–Trinajstić information content (AvgIpc) is 1.50. The molecule has 0 spiro atoms. The van der Waals surface area contributed by atoms with Crippen molar-refractivity contribution in [3.8, 4) is 45.0 Å². The lowest BCUT2D eigenvalue weighted by Crippen LogP contribution is -2.40. The zero-order valence-corrected chi connectivity index (χ0v) is 58.6. The quantitative estimate of drug-likeness (QED) is 0.156. The van der Waals surface area contributed by atoms with E-state index in [9.17, 15) is 2.74 Å². The number of nitrogens with zero attached hydrogens (tertiary/aromatic N) is 4. The van der Waals surface area contributed by atoms with Crippen LogP contribution >= 0.6 is 0 Å². The Hall–Kier alpha value is -6.52. The molecule has 5 aliphatic carbocycles. The second-order valence-corrected chi connectivity index (χ2v) is 31.5. The molecule has 4 heteroatoms. The molecule has 0 radical (unpaired) electrons. The molecule has 8 aromatic rings. The van der Waals surface area contributed by atoms with Crippen LogP contribution in [0.2, 0.25) is 0 Å². The molecule has 5 aliphatic rings. The van der Waals surface area contributed by atoms with E-state index >= 15 is 0 Å². The van der Waals surface area contributed by atoms with E-state index in [1.165, 1.54) is 106 Å². The molecule has 1 fully saturated rings. The van der Waals surface area contributed by atoms with Crippen molar-refractivity contribution < 1.29 is 29.2 Å². The maximum Gasteiger partial charge on any atom is 0.216 e. The van der Waals surface area contributed by atoms with Gasteiger partial charge in [-0.05, 0) is 219 Å². The first-order valence-corrected chi connectivity index (χ1v) is 33.2. The molecule has 89 heavy (non-hydrogen) atoms. The molecule has 0 saturated heterocycles. The highest BCUT2D eigenvalue weighted by Gasteiger charge is 2.54. The van der Waals surface area contributed by atoms with Gasteiger partial charge in [-0.25, -0.2) is 18.3 Å². The zero-order chi connectivity index (χ0) is 71.7. The van der Waals surface area contributed by atoms with Gasteiger partial charge < -0.3 is 0 Å². The van der Waals surface area contributed by atoms with Crippen molar-refractivity contribution in [2.75, 3.05) is 0 Å². The molecule has 0 N–H and O–H groups in total. The fourth-order valence-electron chi connectivity index (χ4n) is 15.9. The Labute approximate surface area is 551 Å². The number of fused-ring (bicyclic) bond motifs is 8. The summed E-state index contributed by atoms with van der Waals surface area (Å²) in [5.74, 6) is -0.901. The smallest absolute Gasteiger partial charge is 0.201 e. The number of benzene rings is 4. The van der Waals surface area contributed by atoms with Crippen LogP contribution in [-0.2, 0) is 55.3 Å². The number of aromatic nitrogens is 4. The number of rotatable bonds is 4.